The van der Waals surface area contributed by atoms with Crippen LogP contribution in [-0.2, 0) is 11.4 Å². The number of rotatable bonds is 6. The molecule has 4 nitrogen and oxygen atoms in total. The van der Waals surface area contributed by atoms with Crippen LogP contribution in [0.15, 0.2) is 53.0 Å². The summed E-state index contributed by atoms with van der Waals surface area (Å²) in [5.74, 6) is -0.965. The molecule has 0 bridgehead atoms. The Balaban J connectivity index is 2.07. The molecule has 0 unspecified atom stereocenters. The minimum absolute atomic E-state index is 0.0990. The molecule has 0 aromatic heterocycles. The highest BCUT2D eigenvalue weighted by atomic mass is 79.9. The van der Waals surface area contributed by atoms with E-state index < -0.39 is 12.3 Å². The van der Waals surface area contributed by atoms with Crippen molar-refractivity contribution in [3.8, 4) is 11.5 Å². The molecule has 0 spiro atoms. The first kappa shape index (κ1) is 18.9. The van der Waals surface area contributed by atoms with E-state index in [0.717, 1.165) is 10.5 Å². The summed E-state index contributed by atoms with van der Waals surface area (Å²) in [7, 11) is 0. The summed E-state index contributed by atoms with van der Waals surface area (Å²) in [6.07, 6.45) is -2.36. The van der Waals surface area contributed by atoms with Gasteiger partial charge in [-0.3, -0.25) is 0 Å². The Morgan fingerprint density at radius 1 is 1.16 bits per heavy atom. The Morgan fingerprint density at radius 2 is 1.84 bits per heavy atom. The predicted molar refractivity (Wildman–Crippen MR) is 88.3 cm³/mol. The molecular formula is C17H12BrF3O4. The van der Waals surface area contributed by atoms with Crippen molar-refractivity contribution in [2.24, 2.45) is 0 Å². The van der Waals surface area contributed by atoms with E-state index in [1.165, 1.54) is 30.3 Å². The molecule has 0 radical (unpaired) electrons. The van der Waals surface area contributed by atoms with Gasteiger partial charge >= 0.3 is 12.3 Å². The summed E-state index contributed by atoms with van der Waals surface area (Å²) in [6, 6.07) is 10.4. The lowest BCUT2D eigenvalue weighted by Crippen LogP contribution is -2.17. The average molecular weight is 417 g/mol. The number of alkyl halides is 3. The number of benzene rings is 2. The number of carboxylic acids is 1. The molecule has 0 amide bonds. The van der Waals surface area contributed by atoms with E-state index in [9.17, 15) is 18.0 Å². The molecule has 0 saturated heterocycles. The highest BCUT2D eigenvalue weighted by Crippen LogP contribution is 2.26. The van der Waals surface area contributed by atoms with Crippen molar-refractivity contribution in [1.82, 2.24) is 0 Å². The first-order chi connectivity index (χ1) is 11.7. The third-order valence-corrected chi connectivity index (χ3v) is 3.42. The molecule has 0 fully saturated rings. The number of hydrogen-bond acceptors (Lipinski definition) is 3. The lowest BCUT2D eigenvalue weighted by atomic mass is 10.2. The molecule has 2 aromatic rings. The Kier molecular flexibility index (Phi) is 6.08. The van der Waals surface area contributed by atoms with E-state index in [0.29, 0.717) is 16.9 Å². The quantitative estimate of drug-likeness (QED) is 0.671. The minimum atomic E-state index is -4.74. The second-order valence-electron chi connectivity index (χ2n) is 4.83. The summed E-state index contributed by atoms with van der Waals surface area (Å²) in [4.78, 5) is 10.6. The van der Waals surface area contributed by atoms with Gasteiger partial charge in [-0.1, -0.05) is 28.1 Å². The monoisotopic (exact) mass is 416 g/mol. The van der Waals surface area contributed by atoms with Crippen LogP contribution < -0.4 is 9.47 Å². The summed E-state index contributed by atoms with van der Waals surface area (Å²) in [6.45, 7) is 0.0990. The van der Waals surface area contributed by atoms with Crippen molar-refractivity contribution in [1.29, 1.82) is 0 Å². The van der Waals surface area contributed by atoms with Crippen LogP contribution in [0.4, 0.5) is 13.2 Å². The Morgan fingerprint density at radius 3 is 2.44 bits per heavy atom. The van der Waals surface area contributed by atoms with Crippen LogP contribution in [0.1, 0.15) is 11.1 Å². The zero-order valence-corrected chi connectivity index (χ0v) is 14.2. The molecule has 132 valence electrons. The van der Waals surface area contributed by atoms with E-state index in [4.69, 9.17) is 9.84 Å². The molecule has 0 aliphatic heterocycles. The van der Waals surface area contributed by atoms with Crippen LogP contribution in [-0.4, -0.2) is 17.4 Å². The van der Waals surface area contributed by atoms with Crippen LogP contribution in [0, 0.1) is 0 Å². The average Bonchev–Trinajstić information content (AvgIpc) is 2.52. The maximum absolute atomic E-state index is 12.1. The fourth-order valence-electron chi connectivity index (χ4n) is 1.89. The largest absolute Gasteiger partial charge is 0.573 e. The number of aliphatic carboxylic acids is 1. The lowest BCUT2D eigenvalue weighted by Gasteiger charge is -2.11. The first-order valence-electron chi connectivity index (χ1n) is 6.91. The predicted octanol–water partition coefficient (Wildman–Crippen LogP) is 5.02. The van der Waals surface area contributed by atoms with Gasteiger partial charge in [0.2, 0.25) is 0 Å². The molecule has 8 heteroatoms. The lowest BCUT2D eigenvalue weighted by molar-refractivity contribution is -0.274. The summed E-state index contributed by atoms with van der Waals surface area (Å²) in [5.41, 5.74) is 1.18. The minimum Gasteiger partial charge on any atom is -0.488 e. The fraction of sp³-hybridized carbons (Fsp3) is 0.118. The zero-order valence-electron chi connectivity index (χ0n) is 12.6. The van der Waals surface area contributed by atoms with Crippen molar-refractivity contribution in [3.05, 3.63) is 64.1 Å². The van der Waals surface area contributed by atoms with E-state index in [1.54, 1.807) is 18.2 Å². The molecule has 0 saturated carbocycles. The molecule has 2 aromatic carbocycles. The van der Waals surface area contributed by atoms with Crippen LogP contribution in [0.5, 0.6) is 11.5 Å². The van der Waals surface area contributed by atoms with Gasteiger partial charge in [0, 0.05) is 16.1 Å². The van der Waals surface area contributed by atoms with E-state index in [1.807, 2.05) is 0 Å². The molecule has 1 N–H and O–H groups in total. The third kappa shape index (κ3) is 6.50. The summed E-state index contributed by atoms with van der Waals surface area (Å²) in [5, 5.41) is 8.72. The smallest absolute Gasteiger partial charge is 0.488 e. The molecule has 0 heterocycles. The maximum atomic E-state index is 12.1. The van der Waals surface area contributed by atoms with Gasteiger partial charge in [0.1, 0.15) is 18.1 Å². The summed E-state index contributed by atoms with van der Waals surface area (Å²) >= 11 is 3.29. The van der Waals surface area contributed by atoms with Crippen molar-refractivity contribution >= 4 is 28.0 Å². The first-order valence-corrected chi connectivity index (χ1v) is 7.70. The Bertz CT molecular complexity index is 770. The molecular weight excluding hydrogens is 405 g/mol. The van der Waals surface area contributed by atoms with Gasteiger partial charge in [0.25, 0.3) is 0 Å². The van der Waals surface area contributed by atoms with Crippen LogP contribution in [0.3, 0.4) is 0 Å². The Hall–Kier alpha value is -2.48. The number of carboxylic acid groups (broad SMARTS) is 1. The molecule has 0 atom stereocenters. The number of halogens is 4. The zero-order chi connectivity index (χ0) is 18.4. The van der Waals surface area contributed by atoms with Crippen molar-refractivity contribution in [2.75, 3.05) is 0 Å². The number of ether oxygens (including phenoxy) is 2. The standard InChI is InChI=1S/C17H12BrF3O4/c18-13-4-7-15(12(9-13)3-8-16(22)23)24-10-11-1-5-14(6-2-11)25-17(19,20)21/h1-9H,10H2,(H,22,23). The van der Waals surface area contributed by atoms with Gasteiger partial charge < -0.3 is 14.6 Å². The number of carbonyl (C=O) groups is 1. The van der Waals surface area contributed by atoms with Crippen LogP contribution >= 0.6 is 15.9 Å². The van der Waals surface area contributed by atoms with Crippen molar-refractivity contribution < 1.29 is 32.5 Å². The highest BCUT2D eigenvalue weighted by Gasteiger charge is 2.30. The van der Waals surface area contributed by atoms with E-state index in [2.05, 4.69) is 20.7 Å². The van der Waals surface area contributed by atoms with Crippen LogP contribution in [0.25, 0.3) is 6.08 Å². The molecule has 0 aliphatic rings. The van der Waals surface area contributed by atoms with Gasteiger partial charge in [0.15, 0.2) is 0 Å². The topological polar surface area (TPSA) is 55.8 Å². The van der Waals surface area contributed by atoms with Crippen LogP contribution in [0.2, 0.25) is 0 Å². The van der Waals surface area contributed by atoms with Gasteiger partial charge in [-0.05, 0) is 42.0 Å². The second kappa shape index (κ2) is 8.06. The normalized spacial score (nSPS) is 11.5. The summed E-state index contributed by atoms with van der Waals surface area (Å²) < 4.78 is 46.5. The van der Waals surface area contributed by atoms with Gasteiger partial charge in [0.05, 0.1) is 0 Å². The molecule has 0 aliphatic carbocycles. The number of hydrogen-bond donors (Lipinski definition) is 1. The third-order valence-electron chi connectivity index (χ3n) is 2.93. The fourth-order valence-corrected chi connectivity index (χ4v) is 2.27. The molecule has 2 rings (SSSR count). The highest BCUT2D eigenvalue weighted by molar-refractivity contribution is 9.10. The van der Waals surface area contributed by atoms with E-state index >= 15 is 0 Å². The van der Waals surface area contributed by atoms with Crippen molar-refractivity contribution in [2.45, 2.75) is 13.0 Å². The van der Waals surface area contributed by atoms with Gasteiger partial charge in [-0.25, -0.2) is 4.79 Å². The van der Waals surface area contributed by atoms with Crippen molar-refractivity contribution in [3.63, 3.8) is 0 Å². The van der Waals surface area contributed by atoms with Gasteiger partial charge in [-0.2, -0.15) is 0 Å². The van der Waals surface area contributed by atoms with Gasteiger partial charge in [-0.15, -0.1) is 13.2 Å². The van der Waals surface area contributed by atoms with E-state index in [-0.39, 0.29) is 12.4 Å². The SMILES string of the molecule is O=C(O)C=Cc1cc(Br)ccc1OCc1ccc(OC(F)(F)F)cc1. The maximum Gasteiger partial charge on any atom is 0.573 e. The Labute approximate surface area is 149 Å². The molecule has 25 heavy (non-hydrogen) atoms. The second-order valence-corrected chi connectivity index (χ2v) is 5.75.